The molecule has 0 aliphatic rings. The number of benzene rings is 9. The summed E-state index contributed by atoms with van der Waals surface area (Å²) in [5.41, 5.74) is -2.92. The van der Waals surface area contributed by atoms with Crippen molar-refractivity contribution < 1.29 is 4.42 Å². The zero-order valence-corrected chi connectivity index (χ0v) is 39.1. The van der Waals surface area contributed by atoms with Crippen LogP contribution in [0.15, 0.2) is 10.5 Å². The second kappa shape index (κ2) is 17.8. The van der Waals surface area contributed by atoms with E-state index in [1.165, 1.54) is 6.07 Å². The zero-order chi connectivity index (χ0) is 54.4. The molecule has 0 amide bonds. The van der Waals surface area contributed by atoms with Gasteiger partial charge < -0.3 is 4.42 Å². The third kappa shape index (κ3) is 6.69. The van der Waals surface area contributed by atoms with Crippen LogP contribution in [0.3, 0.4) is 0 Å². The molecule has 0 aliphatic heterocycles. The molecule has 9 aromatic carbocycles. The normalized spacial score (nSPS) is 11.9. The van der Waals surface area contributed by atoms with Gasteiger partial charge in [-0.3, -0.25) is 0 Å². The highest BCUT2D eigenvalue weighted by Gasteiger charge is 2.31. The predicted molar refractivity (Wildman–Crippen MR) is 346 cm³/mol. The molecule has 0 fully saturated rings. The number of rotatable bonds is 3. The van der Waals surface area contributed by atoms with Crippen molar-refractivity contribution in [2.24, 2.45) is 0 Å². The summed E-state index contributed by atoms with van der Waals surface area (Å²) in [5.74, 6) is 0. The standard InChI is InChI=1S/C46HB27O/c47-3-1-2(4-7-15(29(58)35(64)20(4)49)31(60)43(72)37(66)21(7)50)19(48)17-18-33(62)28(57)14(34(63)46(18)74-45(3)17)6-11-8(23(52)38(67)40(69)25(11)54)5(9-12(6)26(55)41(70)39(68)24(9)53)10-13-16(30(59)36(65)22(10)51)32(61)44(73)42(71)27(13)56/h1H. The van der Waals surface area contributed by atoms with E-state index >= 15 is 0 Å². The molecule has 1 nitrogen and oxygen atoms in total. The highest BCUT2D eigenvalue weighted by molar-refractivity contribution is 6.77. The fraction of sp³-hybridized carbons (Fsp3) is 0. The fourth-order valence-corrected chi connectivity index (χ4v) is 10.6. The van der Waals surface area contributed by atoms with Gasteiger partial charge in [-0.2, -0.15) is 0 Å². The van der Waals surface area contributed by atoms with Gasteiger partial charge in [-0.05, 0) is 81.9 Å². The van der Waals surface area contributed by atoms with Crippen LogP contribution in [0.1, 0.15) is 0 Å². The smallest absolute Gasteiger partial charge is 0.128 e. The Hall–Kier alpha value is -4.43. The molecule has 272 valence electrons. The third-order valence-corrected chi connectivity index (χ3v) is 14.5. The average molecular weight is 861 g/mol. The van der Waals surface area contributed by atoms with Gasteiger partial charge >= 0.3 is 0 Å². The molecular weight excluding hydrogens is 860 g/mol. The molecule has 0 bridgehead atoms. The monoisotopic (exact) mass is 866 g/mol. The summed E-state index contributed by atoms with van der Waals surface area (Å²) in [6, 6.07) is 1.47. The van der Waals surface area contributed by atoms with Crippen LogP contribution >= 0.6 is 0 Å². The molecular formula is C46HB27O. The summed E-state index contributed by atoms with van der Waals surface area (Å²) in [7, 11) is 183. The molecule has 0 aliphatic carbocycles. The Morgan fingerprint density at radius 3 is 0.784 bits per heavy atom. The first-order chi connectivity index (χ1) is 34.6. The summed E-state index contributed by atoms with van der Waals surface area (Å²) in [6.07, 6.45) is 0. The van der Waals surface area contributed by atoms with Gasteiger partial charge in [0.2, 0.25) is 0 Å². The second-order valence-electron chi connectivity index (χ2n) is 18.2. The van der Waals surface area contributed by atoms with Gasteiger partial charge in [0.1, 0.15) is 223 Å². The molecule has 0 atom stereocenters. The maximum Gasteiger partial charge on any atom is 0.128 e. The molecule has 74 heavy (non-hydrogen) atoms. The van der Waals surface area contributed by atoms with Gasteiger partial charge in [0.25, 0.3) is 0 Å². The molecule has 10 rings (SSSR count). The lowest BCUT2D eigenvalue weighted by Crippen LogP contribution is -2.53. The van der Waals surface area contributed by atoms with E-state index in [-0.39, 0.29) is 246 Å². The topological polar surface area (TPSA) is 13.1 Å². The van der Waals surface area contributed by atoms with Crippen LogP contribution in [-0.4, -0.2) is 212 Å². The lowest BCUT2D eigenvalue weighted by atomic mass is 9.56. The Morgan fingerprint density at radius 1 is 0.176 bits per heavy atom. The summed E-state index contributed by atoms with van der Waals surface area (Å²) in [4.78, 5) is 0. The van der Waals surface area contributed by atoms with Crippen molar-refractivity contribution in [1.29, 1.82) is 0 Å². The van der Waals surface area contributed by atoms with E-state index in [9.17, 15) is 0 Å². The number of hydrogen-bond donors (Lipinski definition) is 0. The van der Waals surface area contributed by atoms with E-state index in [1.807, 2.05) is 0 Å². The maximum absolute atomic E-state index is 7.30. The van der Waals surface area contributed by atoms with E-state index < -0.39 is 0 Å². The number of furan rings is 1. The van der Waals surface area contributed by atoms with Crippen molar-refractivity contribution in [3.63, 3.8) is 0 Å². The molecule has 0 saturated heterocycles. The van der Waals surface area contributed by atoms with E-state index in [0.717, 1.165) is 0 Å². The second-order valence-corrected chi connectivity index (χ2v) is 18.2. The maximum atomic E-state index is 7.30. The zero-order valence-electron chi connectivity index (χ0n) is 39.1. The van der Waals surface area contributed by atoms with Gasteiger partial charge in [0, 0.05) is 10.8 Å². The average Bonchev–Trinajstić information content (AvgIpc) is 3.81. The predicted octanol–water partition coefficient (Wildman–Crippen LogP) is -19.4. The molecule has 0 unspecified atom stereocenters. The largest absolute Gasteiger partial charge is 0.457 e. The van der Waals surface area contributed by atoms with Crippen LogP contribution in [0.2, 0.25) is 0 Å². The molecule has 0 saturated carbocycles. The van der Waals surface area contributed by atoms with Gasteiger partial charge in [-0.25, -0.2) is 0 Å². The van der Waals surface area contributed by atoms with E-state index in [1.54, 1.807) is 0 Å². The van der Waals surface area contributed by atoms with E-state index in [2.05, 4.69) is 0 Å². The van der Waals surface area contributed by atoms with Crippen LogP contribution in [0.5, 0.6) is 0 Å². The van der Waals surface area contributed by atoms with E-state index in [4.69, 9.17) is 216 Å². The summed E-state index contributed by atoms with van der Waals surface area (Å²) in [5, 5.41) is 0.703. The van der Waals surface area contributed by atoms with Crippen molar-refractivity contribution >= 4 is 424 Å². The molecule has 54 radical (unpaired) electrons. The Kier molecular flexibility index (Phi) is 12.8. The Balaban J connectivity index is 1.44. The highest BCUT2D eigenvalue weighted by atomic mass is 16.3. The molecule has 28 heteroatoms. The molecule has 1 aromatic heterocycles. The van der Waals surface area contributed by atoms with Crippen molar-refractivity contribution in [3.05, 3.63) is 6.07 Å². The minimum absolute atomic E-state index is 0.000274. The Bertz CT molecular complexity index is 4290. The Morgan fingerprint density at radius 2 is 0.419 bits per heavy atom. The quantitative estimate of drug-likeness (QED) is 0.127. The molecule has 0 N–H and O–H groups in total. The summed E-state index contributed by atoms with van der Waals surface area (Å²) >= 11 is 0. The van der Waals surface area contributed by atoms with Gasteiger partial charge in [-0.1, -0.05) is 93.5 Å². The Labute approximate surface area is 465 Å². The molecule has 1 heterocycles. The summed E-state index contributed by atoms with van der Waals surface area (Å²) < 4.78 is 6.55. The van der Waals surface area contributed by atoms with Crippen LogP contribution < -0.4 is 147 Å². The highest BCUT2D eigenvalue weighted by Crippen LogP contribution is 2.41. The minimum atomic E-state index is -0.206. The third-order valence-electron chi connectivity index (χ3n) is 14.5. The van der Waals surface area contributed by atoms with Crippen LogP contribution in [0, 0.1) is 0 Å². The first kappa shape index (κ1) is 53.0. The van der Waals surface area contributed by atoms with Crippen molar-refractivity contribution in [3.8, 4) is 33.4 Å². The van der Waals surface area contributed by atoms with Gasteiger partial charge in [-0.15, -0.1) is 54.6 Å². The van der Waals surface area contributed by atoms with E-state index in [0.29, 0.717) is 0 Å². The SMILES string of the molecule is [B]c1c([B])c([B])c2c(-c3cc([B])c4oc5c([B])c(-c6c7c([B])c([B])c([B])c([B])c7c(-c7c([B])c([B])c([B])c8c([B])c([B])c([B])c([B])c78)c7c([B])c([B])c([B])c([B])c67)c([B])c([B])c5c4c3[B])c([B])c([B])c([B])c2c1[B]. The lowest BCUT2D eigenvalue weighted by molar-refractivity contribution is 0.674. The first-order valence-electron chi connectivity index (χ1n) is 21.8. The van der Waals surface area contributed by atoms with Gasteiger partial charge in [0.15, 0.2) is 0 Å². The number of hydrogen-bond acceptors (Lipinski definition) is 1. The molecule has 10 aromatic rings. The lowest BCUT2D eigenvalue weighted by Gasteiger charge is -2.32. The summed E-state index contributed by atoms with van der Waals surface area (Å²) in [6.45, 7) is 0. The molecule has 0 spiro atoms. The van der Waals surface area contributed by atoms with Crippen LogP contribution in [0.25, 0.3) is 98.4 Å². The van der Waals surface area contributed by atoms with Crippen molar-refractivity contribution in [2.75, 3.05) is 0 Å². The van der Waals surface area contributed by atoms with Gasteiger partial charge in [0.05, 0.1) is 0 Å². The van der Waals surface area contributed by atoms with Crippen molar-refractivity contribution in [1.82, 2.24) is 0 Å². The minimum Gasteiger partial charge on any atom is -0.457 e. The first-order valence-corrected chi connectivity index (χ1v) is 21.8. The van der Waals surface area contributed by atoms with Crippen LogP contribution in [-0.2, 0) is 0 Å². The fourth-order valence-electron chi connectivity index (χ4n) is 10.6. The van der Waals surface area contributed by atoms with Crippen LogP contribution in [0.4, 0.5) is 0 Å². The number of fused-ring (bicyclic) bond motifs is 7. The van der Waals surface area contributed by atoms with Crippen molar-refractivity contribution in [2.45, 2.75) is 0 Å².